The molecule has 180 valence electrons. The summed E-state index contributed by atoms with van der Waals surface area (Å²) >= 11 is 1.35. The Morgan fingerprint density at radius 2 is 1.76 bits per heavy atom. The summed E-state index contributed by atoms with van der Waals surface area (Å²) in [5.41, 5.74) is 1.12. The Labute approximate surface area is 193 Å². The summed E-state index contributed by atoms with van der Waals surface area (Å²) < 4.78 is 41.5. The molecule has 2 aromatic rings. The third-order valence-electron chi connectivity index (χ3n) is 6.09. The van der Waals surface area contributed by atoms with Crippen LogP contribution < -0.4 is 10.6 Å². The maximum absolute atomic E-state index is 13.4. The molecule has 2 aliphatic rings. The van der Waals surface area contributed by atoms with Crippen LogP contribution in [0.5, 0.6) is 0 Å². The number of nitrogens with one attached hydrogen (secondary N) is 2. The van der Waals surface area contributed by atoms with Crippen LogP contribution in [0.4, 0.5) is 18.2 Å². The first-order chi connectivity index (χ1) is 15.8. The molecule has 0 atom stereocenters. The van der Waals surface area contributed by atoms with E-state index in [2.05, 4.69) is 15.7 Å². The van der Waals surface area contributed by atoms with Gasteiger partial charge < -0.3 is 15.7 Å². The third-order valence-corrected chi connectivity index (χ3v) is 7.30. The Balaban J connectivity index is 1.56. The maximum atomic E-state index is 13.4. The first kappa shape index (κ1) is 23.7. The van der Waals surface area contributed by atoms with Gasteiger partial charge in [0.15, 0.2) is 5.69 Å². The van der Waals surface area contributed by atoms with Crippen molar-refractivity contribution in [2.24, 2.45) is 0 Å². The normalized spacial score (nSPS) is 15.6. The van der Waals surface area contributed by atoms with Crippen LogP contribution in [0.25, 0.3) is 0 Å². The molecule has 2 amide bonds. The third kappa shape index (κ3) is 5.08. The number of fused-ring (bicyclic) bond motifs is 2. The molecule has 0 aliphatic heterocycles. The zero-order chi connectivity index (χ0) is 23.6. The van der Waals surface area contributed by atoms with Crippen LogP contribution in [0.3, 0.4) is 0 Å². The lowest BCUT2D eigenvalue weighted by atomic mass is 9.95. The first-order valence-electron chi connectivity index (χ1n) is 11.3. The minimum Gasteiger partial charge on any atom is -0.396 e. The smallest absolute Gasteiger partial charge is 0.396 e. The molecule has 2 heterocycles. The van der Waals surface area contributed by atoms with E-state index in [4.69, 9.17) is 5.11 Å². The van der Waals surface area contributed by atoms with E-state index in [-0.39, 0.29) is 24.6 Å². The van der Waals surface area contributed by atoms with Crippen LogP contribution >= 0.6 is 11.3 Å². The molecule has 2 aromatic heterocycles. The molecule has 0 fully saturated rings. The fourth-order valence-electron chi connectivity index (χ4n) is 4.59. The van der Waals surface area contributed by atoms with Crippen LogP contribution in [0, 0.1) is 0 Å². The van der Waals surface area contributed by atoms with Crippen molar-refractivity contribution in [2.45, 2.75) is 70.5 Å². The maximum Gasteiger partial charge on any atom is 0.435 e. The zero-order valence-electron chi connectivity index (χ0n) is 18.2. The van der Waals surface area contributed by atoms with E-state index >= 15 is 0 Å². The van der Waals surface area contributed by atoms with E-state index < -0.39 is 17.8 Å². The number of aryl methyl sites for hydroxylation is 1. The number of hydrogen-bond acceptors (Lipinski definition) is 5. The summed E-state index contributed by atoms with van der Waals surface area (Å²) in [5.74, 6) is -0.823. The van der Waals surface area contributed by atoms with Gasteiger partial charge in [0.25, 0.3) is 5.91 Å². The molecule has 3 N–H and O–H groups in total. The molecular weight excluding hydrogens is 457 g/mol. The summed E-state index contributed by atoms with van der Waals surface area (Å²) in [6.45, 7) is -0.0702. The molecule has 2 aliphatic carbocycles. The Morgan fingerprint density at radius 3 is 2.48 bits per heavy atom. The highest BCUT2D eigenvalue weighted by Gasteiger charge is 2.39. The van der Waals surface area contributed by atoms with Gasteiger partial charge >= 0.3 is 6.18 Å². The Morgan fingerprint density at radius 1 is 1.06 bits per heavy atom. The topological polar surface area (TPSA) is 96.2 Å². The van der Waals surface area contributed by atoms with Gasteiger partial charge in [0.2, 0.25) is 5.91 Å². The number of halogens is 3. The number of rotatable bonds is 7. The average Bonchev–Trinajstić information content (AvgIpc) is 3.32. The second kappa shape index (κ2) is 9.84. The number of anilines is 1. The van der Waals surface area contributed by atoms with Crippen molar-refractivity contribution in [1.29, 1.82) is 0 Å². The molecule has 33 heavy (non-hydrogen) atoms. The zero-order valence-corrected chi connectivity index (χ0v) is 19.0. The molecule has 0 saturated heterocycles. The number of hydrogen-bond donors (Lipinski definition) is 3. The van der Waals surface area contributed by atoms with Gasteiger partial charge in [0, 0.05) is 29.3 Å². The van der Waals surface area contributed by atoms with Crippen molar-refractivity contribution < 1.29 is 27.9 Å². The summed E-state index contributed by atoms with van der Waals surface area (Å²) in [6.07, 6.45) is 1.58. The molecule has 7 nitrogen and oxygen atoms in total. The van der Waals surface area contributed by atoms with Gasteiger partial charge in [0.1, 0.15) is 11.5 Å². The van der Waals surface area contributed by atoms with Crippen LogP contribution in [-0.4, -0.2) is 39.9 Å². The Hall–Kier alpha value is -2.40. The highest BCUT2D eigenvalue weighted by atomic mass is 32.1. The van der Waals surface area contributed by atoms with E-state index in [1.807, 2.05) is 0 Å². The largest absolute Gasteiger partial charge is 0.435 e. The number of aromatic nitrogens is 2. The second-order valence-corrected chi connectivity index (χ2v) is 9.54. The molecule has 0 unspecified atom stereocenters. The fraction of sp³-hybridized carbons (Fsp3) is 0.591. The SMILES string of the molecule is O=C(Cn1nc(C(F)(F)F)c2c1CCCC2)Nc1sc2c(c1C(=O)NCCCO)CCCC2. The standard InChI is InChI=1S/C22H27F3N4O3S/c23-22(24,25)19-13-6-1-3-8-15(13)29(28-19)12-17(31)27-21-18(20(32)26-10-5-11-30)14-7-2-4-9-16(14)33-21/h30H,1-12H2,(H,26,32)(H,27,31). The summed E-state index contributed by atoms with van der Waals surface area (Å²) in [6, 6.07) is 0. The van der Waals surface area contributed by atoms with Gasteiger partial charge in [-0.05, 0) is 63.4 Å². The fourth-order valence-corrected chi connectivity index (χ4v) is 5.90. The van der Waals surface area contributed by atoms with Crippen LogP contribution in [0.2, 0.25) is 0 Å². The van der Waals surface area contributed by atoms with Crippen LogP contribution in [-0.2, 0) is 43.2 Å². The van der Waals surface area contributed by atoms with Crippen molar-refractivity contribution in [2.75, 3.05) is 18.5 Å². The number of carbonyl (C=O) groups is 2. The highest BCUT2D eigenvalue weighted by molar-refractivity contribution is 7.17. The predicted molar refractivity (Wildman–Crippen MR) is 117 cm³/mol. The Kier molecular flexibility index (Phi) is 7.08. The minimum absolute atomic E-state index is 0.0419. The first-order valence-corrected chi connectivity index (χ1v) is 12.1. The summed E-state index contributed by atoms with van der Waals surface area (Å²) in [4.78, 5) is 26.8. The number of thiophene rings is 1. The van der Waals surface area contributed by atoms with E-state index in [1.54, 1.807) is 0 Å². The number of aliphatic hydroxyl groups excluding tert-OH is 1. The second-order valence-electron chi connectivity index (χ2n) is 8.43. The van der Waals surface area contributed by atoms with E-state index in [0.717, 1.165) is 42.5 Å². The quantitative estimate of drug-likeness (QED) is 0.525. The van der Waals surface area contributed by atoms with Crippen molar-refractivity contribution in [3.05, 3.63) is 33.0 Å². The van der Waals surface area contributed by atoms with Gasteiger partial charge in [-0.1, -0.05) is 0 Å². The number of carbonyl (C=O) groups excluding carboxylic acids is 2. The van der Waals surface area contributed by atoms with Gasteiger partial charge in [0.05, 0.1) is 5.56 Å². The summed E-state index contributed by atoms with van der Waals surface area (Å²) in [5, 5.41) is 18.7. The van der Waals surface area contributed by atoms with Crippen molar-refractivity contribution in [3.63, 3.8) is 0 Å². The molecular formula is C22H27F3N4O3S. The molecule has 0 aromatic carbocycles. The van der Waals surface area contributed by atoms with Crippen LogP contribution in [0.15, 0.2) is 0 Å². The lowest BCUT2D eigenvalue weighted by molar-refractivity contribution is -0.142. The lowest BCUT2D eigenvalue weighted by Gasteiger charge is -2.15. The van der Waals surface area contributed by atoms with Crippen molar-refractivity contribution in [3.8, 4) is 0 Å². The van der Waals surface area contributed by atoms with E-state index in [9.17, 15) is 22.8 Å². The number of amides is 2. The van der Waals surface area contributed by atoms with Crippen molar-refractivity contribution in [1.82, 2.24) is 15.1 Å². The lowest BCUT2D eigenvalue weighted by Crippen LogP contribution is -2.28. The Bertz CT molecular complexity index is 1040. The number of aliphatic hydroxyl groups is 1. The number of nitrogens with zero attached hydrogens (tertiary/aromatic N) is 2. The van der Waals surface area contributed by atoms with Gasteiger partial charge in [-0.3, -0.25) is 14.3 Å². The molecule has 0 spiro atoms. The summed E-state index contributed by atoms with van der Waals surface area (Å²) in [7, 11) is 0. The highest BCUT2D eigenvalue weighted by Crippen LogP contribution is 2.39. The van der Waals surface area contributed by atoms with Gasteiger partial charge in [-0.25, -0.2) is 0 Å². The predicted octanol–water partition coefficient (Wildman–Crippen LogP) is 3.47. The van der Waals surface area contributed by atoms with Crippen LogP contribution in [0.1, 0.15) is 69.9 Å². The number of alkyl halides is 3. The monoisotopic (exact) mass is 484 g/mol. The average molecular weight is 485 g/mol. The van der Waals surface area contributed by atoms with E-state index in [1.165, 1.54) is 16.0 Å². The van der Waals surface area contributed by atoms with E-state index in [0.29, 0.717) is 48.5 Å². The minimum atomic E-state index is -4.56. The van der Waals surface area contributed by atoms with Crippen molar-refractivity contribution >= 4 is 28.2 Å². The molecule has 0 saturated carbocycles. The molecule has 11 heteroatoms. The van der Waals surface area contributed by atoms with Gasteiger partial charge in [-0.2, -0.15) is 18.3 Å². The molecule has 0 radical (unpaired) electrons. The van der Waals surface area contributed by atoms with Gasteiger partial charge in [-0.15, -0.1) is 11.3 Å². The molecule has 4 rings (SSSR count). The molecule has 0 bridgehead atoms.